The molecule has 4 nitrogen and oxygen atoms in total. The van der Waals surface area contributed by atoms with Gasteiger partial charge in [-0.05, 0) is 45.8 Å². The summed E-state index contributed by atoms with van der Waals surface area (Å²) in [4.78, 5) is 0. The molecule has 0 spiro atoms. The highest BCUT2D eigenvalue weighted by molar-refractivity contribution is 4.57. The number of unbranched alkanes of at least 4 members (excludes halogenated alkanes) is 2. The maximum atomic E-state index is 9.02. The van der Waals surface area contributed by atoms with Gasteiger partial charge >= 0.3 is 0 Å². The van der Waals surface area contributed by atoms with E-state index < -0.39 is 5.79 Å². The molecule has 0 rings (SSSR count). The quantitative estimate of drug-likeness (QED) is 0.319. The Kier molecular flexibility index (Phi) is 8.08. The third-order valence-electron chi connectivity index (χ3n) is 2.06. The minimum atomic E-state index is -1.49. The maximum Gasteiger partial charge on any atom is 0.159 e. The average molecular weight is 204 g/mol. The smallest absolute Gasteiger partial charge is 0.159 e. The van der Waals surface area contributed by atoms with Crippen LogP contribution in [0, 0.1) is 0 Å². The van der Waals surface area contributed by atoms with Gasteiger partial charge in [0.25, 0.3) is 0 Å². The van der Waals surface area contributed by atoms with E-state index in [0.29, 0.717) is 6.42 Å². The van der Waals surface area contributed by atoms with Crippen molar-refractivity contribution in [2.24, 2.45) is 5.73 Å². The van der Waals surface area contributed by atoms with Crippen molar-refractivity contribution >= 4 is 0 Å². The van der Waals surface area contributed by atoms with E-state index in [4.69, 9.17) is 15.9 Å². The SMILES string of the molecule is CC(O)(O)CCCCCNCCCN. The Hall–Kier alpha value is -0.160. The first kappa shape index (κ1) is 13.8. The molecule has 0 saturated carbocycles. The highest BCUT2D eigenvalue weighted by Crippen LogP contribution is 2.10. The van der Waals surface area contributed by atoms with E-state index in [-0.39, 0.29) is 0 Å². The molecule has 0 aliphatic carbocycles. The molecule has 0 bridgehead atoms. The summed E-state index contributed by atoms with van der Waals surface area (Å²) >= 11 is 0. The molecular formula is C10H24N2O2. The van der Waals surface area contributed by atoms with Crippen molar-refractivity contribution in [1.82, 2.24) is 5.32 Å². The molecule has 0 fully saturated rings. The molecule has 4 heteroatoms. The molecule has 0 aromatic rings. The summed E-state index contributed by atoms with van der Waals surface area (Å²) in [7, 11) is 0. The summed E-state index contributed by atoms with van der Waals surface area (Å²) in [5, 5.41) is 21.3. The zero-order valence-corrected chi connectivity index (χ0v) is 9.13. The van der Waals surface area contributed by atoms with E-state index in [2.05, 4.69) is 5.32 Å². The van der Waals surface area contributed by atoms with Crippen LogP contribution >= 0.6 is 0 Å². The zero-order chi connectivity index (χ0) is 10.9. The van der Waals surface area contributed by atoms with Crippen molar-refractivity contribution in [3.05, 3.63) is 0 Å². The number of aliphatic hydroxyl groups is 2. The van der Waals surface area contributed by atoms with Gasteiger partial charge in [0, 0.05) is 6.42 Å². The molecule has 0 aliphatic heterocycles. The van der Waals surface area contributed by atoms with Crippen LogP contribution in [0.3, 0.4) is 0 Å². The van der Waals surface area contributed by atoms with Gasteiger partial charge in [0.1, 0.15) is 0 Å². The van der Waals surface area contributed by atoms with Gasteiger partial charge in [-0.1, -0.05) is 6.42 Å². The second-order valence-electron chi connectivity index (χ2n) is 3.92. The predicted molar refractivity (Wildman–Crippen MR) is 57.9 cm³/mol. The van der Waals surface area contributed by atoms with Crippen molar-refractivity contribution in [3.8, 4) is 0 Å². The van der Waals surface area contributed by atoms with Crippen molar-refractivity contribution in [1.29, 1.82) is 0 Å². The predicted octanol–water partition coefficient (Wildman–Crippen LogP) is 0.186. The van der Waals surface area contributed by atoms with Crippen LogP contribution in [0.4, 0.5) is 0 Å². The first-order valence-corrected chi connectivity index (χ1v) is 5.42. The van der Waals surface area contributed by atoms with Gasteiger partial charge in [-0.15, -0.1) is 0 Å². The number of rotatable bonds is 9. The molecule has 0 aromatic carbocycles. The van der Waals surface area contributed by atoms with Crippen LogP contribution in [0.5, 0.6) is 0 Å². The molecule has 86 valence electrons. The van der Waals surface area contributed by atoms with Crippen LogP contribution < -0.4 is 11.1 Å². The lowest BCUT2D eigenvalue weighted by Crippen LogP contribution is -2.22. The van der Waals surface area contributed by atoms with Crippen LogP contribution in [-0.2, 0) is 0 Å². The molecule has 0 amide bonds. The molecular weight excluding hydrogens is 180 g/mol. The standard InChI is InChI=1S/C10H24N2O2/c1-10(13,14)6-3-2-4-8-12-9-5-7-11/h12-14H,2-9,11H2,1H3. The summed E-state index contributed by atoms with van der Waals surface area (Å²) in [6.45, 7) is 4.13. The zero-order valence-electron chi connectivity index (χ0n) is 9.13. The van der Waals surface area contributed by atoms with Crippen molar-refractivity contribution < 1.29 is 10.2 Å². The maximum absolute atomic E-state index is 9.02. The third-order valence-corrected chi connectivity index (χ3v) is 2.06. The molecule has 0 saturated heterocycles. The van der Waals surface area contributed by atoms with Gasteiger partial charge in [-0.2, -0.15) is 0 Å². The lowest BCUT2D eigenvalue weighted by molar-refractivity contribution is -0.150. The first-order valence-electron chi connectivity index (χ1n) is 5.42. The summed E-state index contributed by atoms with van der Waals surface area (Å²) in [5.74, 6) is -1.49. The molecule has 0 unspecified atom stereocenters. The van der Waals surface area contributed by atoms with Gasteiger partial charge in [0.05, 0.1) is 0 Å². The first-order chi connectivity index (χ1) is 6.56. The molecule has 5 N–H and O–H groups in total. The summed E-state index contributed by atoms with van der Waals surface area (Å²) in [5.41, 5.74) is 5.34. The number of nitrogens with two attached hydrogens (primary N) is 1. The summed E-state index contributed by atoms with van der Waals surface area (Å²) in [6.07, 6.45) is 4.45. The topological polar surface area (TPSA) is 78.5 Å². The second kappa shape index (κ2) is 8.17. The monoisotopic (exact) mass is 204 g/mol. The minimum Gasteiger partial charge on any atom is -0.366 e. The largest absolute Gasteiger partial charge is 0.366 e. The lowest BCUT2D eigenvalue weighted by Gasteiger charge is -2.14. The number of nitrogens with one attached hydrogen (secondary N) is 1. The van der Waals surface area contributed by atoms with E-state index in [9.17, 15) is 0 Å². The van der Waals surface area contributed by atoms with E-state index >= 15 is 0 Å². The fourth-order valence-electron chi connectivity index (χ4n) is 1.24. The molecule has 0 radical (unpaired) electrons. The van der Waals surface area contributed by atoms with Crippen molar-refractivity contribution in [2.75, 3.05) is 19.6 Å². The third kappa shape index (κ3) is 11.8. The average Bonchev–Trinajstić information content (AvgIpc) is 2.08. The molecule has 0 aliphatic rings. The number of hydrogen-bond donors (Lipinski definition) is 4. The fraction of sp³-hybridized carbons (Fsp3) is 1.00. The molecule has 0 heterocycles. The van der Waals surface area contributed by atoms with Crippen LogP contribution in [0.25, 0.3) is 0 Å². The Labute approximate surface area is 86.5 Å². The van der Waals surface area contributed by atoms with Crippen LogP contribution in [0.2, 0.25) is 0 Å². The highest BCUT2D eigenvalue weighted by atomic mass is 16.5. The van der Waals surface area contributed by atoms with E-state index in [1.54, 1.807) is 0 Å². The lowest BCUT2D eigenvalue weighted by atomic mass is 10.1. The van der Waals surface area contributed by atoms with Crippen LogP contribution in [0.15, 0.2) is 0 Å². The Morgan fingerprint density at radius 3 is 2.29 bits per heavy atom. The normalized spacial score (nSPS) is 12.0. The van der Waals surface area contributed by atoms with Gasteiger partial charge in [0.15, 0.2) is 5.79 Å². The fourth-order valence-corrected chi connectivity index (χ4v) is 1.24. The summed E-state index contributed by atoms with van der Waals surface area (Å²) < 4.78 is 0. The number of hydrogen-bond acceptors (Lipinski definition) is 4. The minimum absolute atomic E-state index is 0.454. The highest BCUT2D eigenvalue weighted by Gasteiger charge is 2.12. The van der Waals surface area contributed by atoms with Crippen LogP contribution in [0.1, 0.15) is 39.0 Å². The molecule has 0 aromatic heterocycles. The Morgan fingerprint density at radius 1 is 1.07 bits per heavy atom. The Bertz CT molecular complexity index is 124. The van der Waals surface area contributed by atoms with Crippen molar-refractivity contribution in [3.63, 3.8) is 0 Å². The van der Waals surface area contributed by atoms with Gasteiger partial charge < -0.3 is 21.3 Å². The van der Waals surface area contributed by atoms with Gasteiger partial charge in [0.2, 0.25) is 0 Å². The molecule has 0 atom stereocenters. The second-order valence-corrected chi connectivity index (χ2v) is 3.92. The Morgan fingerprint density at radius 2 is 1.71 bits per heavy atom. The Balaban J connectivity index is 2.99. The van der Waals surface area contributed by atoms with E-state index in [1.165, 1.54) is 6.92 Å². The summed E-state index contributed by atoms with van der Waals surface area (Å²) in [6, 6.07) is 0. The van der Waals surface area contributed by atoms with E-state index in [0.717, 1.165) is 45.3 Å². The molecule has 14 heavy (non-hydrogen) atoms. The van der Waals surface area contributed by atoms with Crippen molar-refractivity contribution in [2.45, 2.75) is 44.8 Å². The van der Waals surface area contributed by atoms with Gasteiger partial charge in [-0.3, -0.25) is 0 Å². The van der Waals surface area contributed by atoms with E-state index in [1.807, 2.05) is 0 Å². The van der Waals surface area contributed by atoms with Gasteiger partial charge in [-0.25, -0.2) is 0 Å². The van der Waals surface area contributed by atoms with Crippen LogP contribution in [-0.4, -0.2) is 35.6 Å².